The number of aromatic nitrogens is 4. The van der Waals surface area contributed by atoms with Crippen molar-refractivity contribution < 1.29 is 0 Å². The van der Waals surface area contributed by atoms with E-state index in [0.29, 0.717) is 5.82 Å². The smallest absolute Gasteiger partial charge is 0.160 e. The quantitative estimate of drug-likeness (QED) is 0.164. The van der Waals surface area contributed by atoms with Crippen LogP contribution in [0.1, 0.15) is 25.0 Å². The van der Waals surface area contributed by atoms with Gasteiger partial charge in [0, 0.05) is 44.4 Å². The van der Waals surface area contributed by atoms with Crippen LogP contribution in [0.4, 0.5) is 0 Å². The molecule has 0 saturated carbocycles. The molecule has 0 atom stereocenters. The maximum Gasteiger partial charge on any atom is 0.160 e. The standard InChI is InChI=1S/C53H38N4/c1-53(2)43-31-16-15-29-41(43)47-42(30-18-32-44(47)53)51-49(38-25-13-6-14-26-38)56-48(37-23-11-5-12-24-37)50(57-51)39-27-17-28-40(33-39)52-54-45(35-19-7-3-8-20-35)34-46(55-52)36-21-9-4-10-22-36/h3-34H,1-2H3. The molecule has 10 rings (SSSR count). The molecule has 4 nitrogen and oxygen atoms in total. The van der Waals surface area contributed by atoms with Crippen molar-refractivity contribution >= 4 is 0 Å². The topological polar surface area (TPSA) is 51.6 Å². The summed E-state index contributed by atoms with van der Waals surface area (Å²) >= 11 is 0. The predicted molar refractivity (Wildman–Crippen MR) is 233 cm³/mol. The lowest BCUT2D eigenvalue weighted by molar-refractivity contribution is 0.660. The fraction of sp³-hybridized carbons (Fsp3) is 0.0566. The van der Waals surface area contributed by atoms with Gasteiger partial charge >= 0.3 is 0 Å². The third kappa shape index (κ3) is 6.12. The zero-order valence-corrected chi connectivity index (χ0v) is 31.8. The molecule has 0 amide bonds. The summed E-state index contributed by atoms with van der Waals surface area (Å²) in [5.74, 6) is 0.645. The van der Waals surface area contributed by atoms with Gasteiger partial charge in [0.05, 0.1) is 34.2 Å². The van der Waals surface area contributed by atoms with Gasteiger partial charge in [0.25, 0.3) is 0 Å². The van der Waals surface area contributed by atoms with Gasteiger partial charge in [0.1, 0.15) is 0 Å². The Morgan fingerprint density at radius 2 is 0.737 bits per heavy atom. The predicted octanol–water partition coefficient (Wildman–Crippen LogP) is 13.2. The Bertz CT molecular complexity index is 2850. The molecule has 4 heteroatoms. The highest BCUT2D eigenvalue weighted by Gasteiger charge is 2.37. The van der Waals surface area contributed by atoms with Gasteiger partial charge in [0.15, 0.2) is 5.82 Å². The Morgan fingerprint density at radius 1 is 0.316 bits per heavy atom. The first-order valence-electron chi connectivity index (χ1n) is 19.4. The van der Waals surface area contributed by atoms with E-state index in [-0.39, 0.29) is 5.41 Å². The van der Waals surface area contributed by atoms with E-state index in [4.69, 9.17) is 19.9 Å². The summed E-state index contributed by atoms with van der Waals surface area (Å²) in [6, 6.07) is 67.4. The molecule has 0 bridgehead atoms. The fourth-order valence-corrected chi connectivity index (χ4v) is 8.27. The van der Waals surface area contributed by atoms with E-state index in [0.717, 1.165) is 73.1 Å². The lowest BCUT2D eigenvalue weighted by Crippen LogP contribution is -2.14. The summed E-state index contributed by atoms with van der Waals surface area (Å²) in [6.07, 6.45) is 0. The lowest BCUT2D eigenvalue weighted by atomic mass is 9.82. The molecule has 9 aromatic rings. The molecule has 1 aliphatic rings. The monoisotopic (exact) mass is 730 g/mol. The summed E-state index contributed by atoms with van der Waals surface area (Å²) < 4.78 is 0. The second kappa shape index (κ2) is 14.1. The van der Waals surface area contributed by atoms with Gasteiger partial charge < -0.3 is 0 Å². The van der Waals surface area contributed by atoms with Crippen molar-refractivity contribution in [1.82, 2.24) is 19.9 Å². The first-order chi connectivity index (χ1) is 28.0. The molecule has 0 unspecified atom stereocenters. The maximum atomic E-state index is 5.73. The highest BCUT2D eigenvalue weighted by molar-refractivity contribution is 5.96. The highest BCUT2D eigenvalue weighted by Crippen LogP contribution is 2.53. The second-order valence-electron chi connectivity index (χ2n) is 15.0. The van der Waals surface area contributed by atoms with Gasteiger partial charge in [-0.2, -0.15) is 0 Å². The van der Waals surface area contributed by atoms with Crippen LogP contribution < -0.4 is 0 Å². The SMILES string of the molecule is CC1(C)c2ccccc2-c2c(-c3nc(-c4cccc(-c5nc(-c6ccccc6)cc(-c6ccccc6)n5)c4)c(-c4ccccc4)nc3-c3ccccc3)cccc21. The molecule has 270 valence electrons. The summed E-state index contributed by atoms with van der Waals surface area (Å²) in [5.41, 5.74) is 16.9. The van der Waals surface area contributed by atoms with Crippen LogP contribution in [0.25, 0.3) is 90.1 Å². The Hall–Kier alpha value is -7.30. The summed E-state index contributed by atoms with van der Waals surface area (Å²) in [7, 11) is 0. The molecule has 0 aliphatic heterocycles. The number of rotatable bonds is 7. The Kier molecular flexibility index (Phi) is 8.45. The molecule has 1 aliphatic carbocycles. The summed E-state index contributed by atoms with van der Waals surface area (Å²) in [5, 5.41) is 0. The number of benzene rings is 7. The van der Waals surface area contributed by atoms with Crippen LogP contribution >= 0.6 is 0 Å². The minimum atomic E-state index is -0.156. The molecule has 2 aromatic heterocycles. The molecule has 0 saturated heterocycles. The van der Waals surface area contributed by atoms with E-state index in [2.05, 4.69) is 159 Å². The van der Waals surface area contributed by atoms with Gasteiger partial charge in [-0.1, -0.05) is 196 Å². The third-order valence-corrected chi connectivity index (χ3v) is 11.1. The van der Waals surface area contributed by atoms with Crippen molar-refractivity contribution in [3.05, 3.63) is 205 Å². The first kappa shape index (κ1) is 34.2. The summed E-state index contributed by atoms with van der Waals surface area (Å²) in [6.45, 7) is 4.64. The van der Waals surface area contributed by atoms with E-state index >= 15 is 0 Å². The Labute approximate surface area is 333 Å². The summed E-state index contributed by atoms with van der Waals surface area (Å²) in [4.78, 5) is 21.6. The first-order valence-corrected chi connectivity index (χ1v) is 19.4. The third-order valence-electron chi connectivity index (χ3n) is 11.1. The second-order valence-corrected chi connectivity index (χ2v) is 15.0. The van der Waals surface area contributed by atoms with E-state index in [1.807, 2.05) is 48.5 Å². The van der Waals surface area contributed by atoms with Crippen LogP contribution in [0.2, 0.25) is 0 Å². The molecule has 0 spiro atoms. The largest absolute Gasteiger partial charge is 0.243 e. The number of hydrogen-bond donors (Lipinski definition) is 0. The molecular formula is C53H38N4. The van der Waals surface area contributed by atoms with Crippen LogP contribution in [0.5, 0.6) is 0 Å². The van der Waals surface area contributed by atoms with Gasteiger partial charge in [-0.15, -0.1) is 0 Å². The number of fused-ring (bicyclic) bond motifs is 3. The van der Waals surface area contributed by atoms with E-state index < -0.39 is 0 Å². The minimum absolute atomic E-state index is 0.156. The van der Waals surface area contributed by atoms with Crippen LogP contribution in [-0.2, 0) is 5.41 Å². The molecule has 0 fully saturated rings. The van der Waals surface area contributed by atoms with Crippen LogP contribution in [0, 0.1) is 0 Å². The van der Waals surface area contributed by atoms with Crippen molar-refractivity contribution in [1.29, 1.82) is 0 Å². The van der Waals surface area contributed by atoms with Crippen LogP contribution in [0.3, 0.4) is 0 Å². The van der Waals surface area contributed by atoms with Gasteiger partial charge in [-0.05, 0) is 34.4 Å². The zero-order valence-electron chi connectivity index (χ0n) is 31.8. The number of nitrogens with zero attached hydrogens (tertiary/aromatic N) is 4. The van der Waals surface area contributed by atoms with Crippen molar-refractivity contribution in [2.24, 2.45) is 0 Å². The molecular weight excluding hydrogens is 693 g/mol. The Morgan fingerprint density at radius 3 is 1.35 bits per heavy atom. The van der Waals surface area contributed by atoms with Crippen molar-refractivity contribution in [3.63, 3.8) is 0 Å². The van der Waals surface area contributed by atoms with Gasteiger partial charge in [-0.25, -0.2) is 19.9 Å². The molecule has 7 aromatic carbocycles. The average Bonchev–Trinajstić information content (AvgIpc) is 3.53. The van der Waals surface area contributed by atoms with Crippen molar-refractivity contribution in [2.75, 3.05) is 0 Å². The average molecular weight is 731 g/mol. The Balaban J connectivity index is 1.22. The van der Waals surface area contributed by atoms with Gasteiger partial charge in [0.2, 0.25) is 0 Å². The molecule has 2 heterocycles. The van der Waals surface area contributed by atoms with Crippen molar-refractivity contribution in [2.45, 2.75) is 19.3 Å². The van der Waals surface area contributed by atoms with E-state index in [1.165, 1.54) is 22.3 Å². The zero-order chi connectivity index (χ0) is 38.3. The fourth-order valence-electron chi connectivity index (χ4n) is 8.27. The maximum absolute atomic E-state index is 5.73. The lowest BCUT2D eigenvalue weighted by Gasteiger charge is -2.22. The molecule has 0 N–H and O–H groups in total. The van der Waals surface area contributed by atoms with E-state index in [9.17, 15) is 0 Å². The highest BCUT2D eigenvalue weighted by atomic mass is 14.9. The minimum Gasteiger partial charge on any atom is -0.243 e. The normalized spacial score (nSPS) is 12.5. The number of hydrogen-bond acceptors (Lipinski definition) is 4. The molecule has 0 radical (unpaired) electrons. The molecule has 57 heavy (non-hydrogen) atoms. The van der Waals surface area contributed by atoms with Gasteiger partial charge in [-0.3, -0.25) is 0 Å². The van der Waals surface area contributed by atoms with Crippen LogP contribution in [-0.4, -0.2) is 19.9 Å². The van der Waals surface area contributed by atoms with Crippen molar-refractivity contribution in [3.8, 4) is 90.1 Å². The van der Waals surface area contributed by atoms with Crippen LogP contribution in [0.15, 0.2) is 194 Å². The van der Waals surface area contributed by atoms with E-state index in [1.54, 1.807) is 0 Å².